The number of rotatable bonds is 2. The van der Waals surface area contributed by atoms with Gasteiger partial charge >= 0.3 is 12.1 Å². The second-order valence-electron chi connectivity index (χ2n) is 4.10. The first-order valence-electron chi connectivity index (χ1n) is 5.74. The number of pyridine rings is 1. The van der Waals surface area contributed by atoms with Crippen molar-refractivity contribution in [2.24, 2.45) is 5.92 Å². The third-order valence-corrected chi connectivity index (χ3v) is 2.42. The van der Waals surface area contributed by atoms with E-state index in [1.54, 1.807) is 18.2 Å². The predicted molar refractivity (Wildman–Crippen MR) is 67.3 cm³/mol. The normalized spacial score (nSPS) is 14.4. The molecule has 0 saturated carbocycles. The lowest BCUT2D eigenvalue weighted by Gasteiger charge is -2.25. The van der Waals surface area contributed by atoms with Gasteiger partial charge < -0.3 is 21.5 Å². The summed E-state index contributed by atoms with van der Waals surface area (Å²) in [5, 5.41) is 12.9. The van der Waals surface area contributed by atoms with Crippen LogP contribution in [0, 0.1) is 5.92 Å². The molecule has 0 atom stereocenters. The third kappa shape index (κ3) is 5.65. The van der Waals surface area contributed by atoms with Gasteiger partial charge in [0.15, 0.2) is 0 Å². The van der Waals surface area contributed by atoms with Crippen molar-refractivity contribution in [2.75, 3.05) is 24.1 Å². The number of nitrogen functional groups attached to an aromatic ring is 1. The van der Waals surface area contributed by atoms with Crippen LogP contribution in [0.5, 0.6) is 0 Å². The number of carbonyl (C=O) groups is 2. The SMILES string of the molecule is Nc1cccc(NC(=O)C2CNC2)n1.O=C(O)C(F)(F)F. The molecule has 0 aliphatic carbocycles. The van der Waals surface area contributed by atoms with E-state index in [9.17, 15) is 18.0 Å². The fourth-order valence-corrected chi connectivity index (χ4v) is 1.22. The highest BCUT2D eigenvalue weighted by Gasteiger charge is 2.38. The molecule has 116 valence electrons. The van der Waals surface area contributed by atoms with Crippen molar-refractivity contribution in [3.8, 4) is 0 Å². The molecular formula is C11H13F3N4O3. The molecule has 0 spiro atoms. The molecule has 7 nitrogen and oxygen atoms in total. The van der Waals surface area contributed by atoms with Crippen molar-refractivity contribution >= 4 is 23.5 Å². The second-order valence-corrected chi connectivity index (χ2v) is 4.10. The van der Waals surface area contributed by atoms with Crippen LogP contribution < -0.4 is 16.4 Å². The van der Waals surface area contributed by atoms with E-state index >= 15 is 0 Å². The van der Waals surface area contributed by atoms with E-state index in [2.05, 4.69) is 15.6 Å². The van der Waals surface area contributed by atoms with Gasteiger partial charge in [0.1, 0.15) is 11.6 Å². The highest BCUT2D eigenvalue weighted by atomic mass is 19.4. The lowest BCUT2D eigenvalue weighted by atomic mass is 10.0. The van der Waals surface area contributed by atoms with Gasteiger partial charge in [0.2, 0.25) is 5.91 Å². The van der Waals surface area contributed by atoms with Gasteiger partial charge in [-0.1, -0.05) is 6.07 Å². The molecule has 0 radical (unpaired) electrons. The molecule has 5 N–H and O–H groups in total. The molecule has 1 aromatic rings. The Morgan fingerprint density at radius 3 is 2.33 bits per heavy atom. The topological polar surface area (TPSA) is 117 Å². The van der Waals surface area contributed by atoms with Gasteiger partial charge in [0, 0.05) is 13.1 Å². The number of nitrogens with two attached hydrogens (primary N) is 1. The van der Waals surface area contributed by atoms with Crippen molar-refractivity contribution in [3.63, 3.8) is 0 Å². The Balaban J connectivity index is 0.000000270. The molecule has 1 aliphatic rings. The molecule has 2 rings (SSSR count). The summed E-state index contributed by atoms with van der Waals surface area (Å²) in [7, 11) is 0. The fourth-order valence-electron chi connectivity index (χ4n) is 1.22. The first-order valence-corrected chi connectivity index (χ1v) is 5.74. The minimum absolute atomic E-state index is 0.00171. The van der Waals surface area contributed by atoms with E-state index in [0.717, 1.165) is 13.1 Å². The van der Waals surface area contributed by atoms with E-state index in [1.165, 1.54) is 0 Å². The fraction of sp³-hybridized carbons (Fsp3) is 0.364. The Labute approximate surface area is 117 Å². The number of nitrogens with one attached hydrogen (secondary N) is 2. The lowest BCUT2D eigenvalue weighted by molar-refractivity contribution is -0.192. The molecule has 2 heterocycles. The van der Waals surface area contributed by atoms with Crippen molar-refractivity contribution < 1.29 is 27.9 Å². The average molecular weight is 306 g/mol. The zero-order valence-corrected chi connectivity index (χ0v) is 10.6. The Hall–Kier alpha value is -2.36. The highest BCUT2D eigenvalue weighted by Crippen LogP contribution is 2.13. The Morgan fingerprint density at radius 1 is 1.38 bits per heavy atom. The van der Waals surface area contributed by atoms with Crippen LogP contribution in [-0.2, 0) is 9.59 Å². The van der Waals surface area contributed by atoms with Gasteiger partial charge in [-0.3, -0.25) is 4.79 Å². The van der Waals surface area contributed by atoms with Crippen LogP contribution in [0.15, 0.2) is 18.2 Å². The zero-order valence-electron chi connectivity index (χ0n) is 10.6. The van der Waals surface area contributed by atoms with E-state index in [1.807, 2.05) is 0 Å². The lowest BCUT2D eigenvalue weighted by Crippen LogP contribution is -2.48. The van der Waals surface area contributed by atoms with Crippen LogP contribution in [0.2, 0.25) is 0 Å². The van der Waals surface area contributed by atoms with Crippen molar-refractivity contribution in [1.82, 2.24) is 10.3 Å². The van der Waals surface area contributed by atoms with Crippen molar-refractivity contribution in [1.29, 1.82) is 0 Å². The monoisotopic (exact) mass is 306 g/mol. The summed E-state index contributed by atoms with van der Waals surface area (Å²) < 4.78 is 31.7. The molecule has 10 heteroatoms. The van der Waals surface area contributed by atoms with E-state index in [4.69, 9.17) is 15.6 Å². The van der Waals surface area contributed by atoms with E-state index in [0.29, 0.717) is 11.6 Å². The third-order valence-electron chi connectivity index (χ3n) is 2.42. The maximum absolute atomic E-state index is 11.5. The van der Waals surface area contributed by atoms with Crippen LogP contribution in [-0.4, -0.2) is 41.2 Å². The number of carbonyl (C=O) groups excluding carboxylic acids is 1. The number of anilines is 2. The average Bonchev–Trinajstić information content (AvgIpc) is 2.25. The summed E-state index contributed by atoms with van der Waals surface area (Å²) in [6.45, 7) is 1.49. The number of aromatic nitrogens is 1. The Bertz CT molecular complexity index is 518. The van der Waals surface area contributed by atoms with Crippen LogP contribution in [0.3, 0.4) is 0 Å². The maximum Gasteiger partial charge on any atom is 0.490 e. The number of carboxylic acids is 1. The number of nitrogens with zero attached hydrogens (tertiary/aromatic N) is 1. The number of hydrogen-bond donors (Lipinski definition) is 4. The summed E-state index contributed by atoms with van der Waals surface area (Å²) in [4.78, 5) is 24.3. The quantitative estimate of drug-likeness (QED) is 0.630. The first-order chi connectivity index (χ1) is 9.70. The largest absolute Gasteiger partial charge is 0.490 e. The number of aliphatic carboxylic acids is 1. The summed E-state index contributed by atoms with van der Waals surface area (Å²) in [5.41, 5.74) is 5.48. The molecule has 1 aliphatic heterocycles. The molecule has 1 fully saturated rings. The summed E-state index contributed by atoms with van der Waals surface area (Å²) in [5.74, 6) is -1.76. The molecule has 0 unspecified atom stereocenters. The zero-order chi connectivity index (χ0) is 16.0. The van der Waals surface area contributed by atoms with Crippen LogP contribution in [0.25, 0.3) is 0 Å². The van der Waals surface area contributed by atoms with Crippen molar-refractivity contribution in [3.05, 3.63) is 18.2 Å². The Morgan fingerprint density at radius 2 is 1.95 bits per heavy atom. The van der Waals surface area contributed by atoms with Gasteiger partial charge in [0.05, 0.1) is 5.92 Å². The van der Waals surface area contributed by atoms with Gasteiger partial charge in [-0.25, -0.2) is 9.78 Å². The molecule has 1 saturated heterocycles. The van der Waals surface area contributed by atoms with Gasteiger partial charge in [-0.05, 0) is 12.1 Å². The van der Waals surface area contributed by atoms with E-state index in [-0.39, 0.29) is 11.8 Å². The summed E-state index contributed by atoms with van der Waals surface area (Å²) in [6.07, 6.45) is -5.08. The number of halogens is 3. The minimum Gasteiger partial charge on any atom is -0.475 e. The molecule has 0 aromatic carbocycles. The van der Waals surface area contributed by atoms with Crippen LogP contribution in [0.4, 0.5) is 24.8 Å². The molecule has 1 amide bonds. The molecule has 21 heavy (non-hydrogen) atoms. The minimum atomic E-state index is -5.08. The van der Waals surface area contributed by atoms with Crippen LogP contribution >= 0.6 is 0 Å². The smallest absolute Gasteiger partial charge is 0.475 e. The van der Waals surface area contributed by atoms with Gasteiger partial charge in [-0.15, -0.1) is 0 Å². The van der Waals surface area contributed by atoms with Crippen molar-refractivity contribution in [2.45, 2.75) is 6.18 Å². The predicted octanol–water partition coefficient (Wildman–Crippen LogP) is 0.455. The van der Waals surface area contributed by atoms with E-state index < -0.39 is 12.1 Å². The number of hydrogen-bond acceptors (Lipinski definition) is 5. The van der Waals surface area contributed by atoms with Gasteiger partial charge in [-0.2, -0.15) is 13.2 Å². The first kappa shape index (κ1) is 16.7. The molecule has 0 bridgehead atoms. The van der Waals surface area contributed by atoms with Gasteiger partial charge in [0.25, 0.3) is 0 Å². The second kappa shape index (κ2) is 6.88. The summed E-state index contributed by atoms with van der Waals surface area (Å²) in [6, 6.07) is 5.16. The number of alkyl halides is 3. The molecular weight excluding hydrogens is 293 g/mol. The number of carboxylic acid groups (broad SMARTS) is 1. The standard InChI is InChI=1S/C9H12N4O.C2HF3O2/c10-7-2-1-3-8(12-7)13-9(14)6-4-11-5-6;3-2(4,5)1(6)7/h1-3,6,11H,4-5H2,(H3,10,12,13,14);(H,6,7). The molecule has 1 aromatic heterocycles. The maximum atomic E-state index is 11.5. The van der Waals surface area contributed by atoms with Crippen LogP contribution in [0.1, 0.15) is 0 Å². The highest BCUT2D eigenvalue weighted by molar-refractivity contribution is 5.92. The number of amides is 1. The Kier molecular flexibility index (Phi) is 5.47. The summed E-state index contributed by atoms with van der Waals surface area (Å²) >= 11 is 0.